The first-order valence-corrected chi connectivity index (χ1v) is 12.2. The molecule has 0 aliphatic rings. The summed E-state index contributed by atoms with van der Waals surface area (Å²) in [6.45, 7) is 2.85. The third kappa shape index (κ3) is 3.62. The second kappa shape index (κ2) is 8.29. The predicted molar refractivity (Wildman–Crippen MR) is 134 cm³/mol. The maximum absolute atomic E-state index is 13.2. The molecule has 8 heteroatoms. The highest BCUT2D eigenvalue weighted by Crippen LogP contribution is 2.30. The smallest absolute Gasteiger partial charge is 0.333 e. The number of aromatic nitrogens is 4. The van der Waals surface area contributed by atoms with E-state index in [-0.39, 0.29) is 5.69 Å². The summed E-state index contributed by atoms with van der Waals surface area (Å²) in [5, 5.41) is 4.08. The molecule has 1 unspecified atom stereocenters. The fourth-order valence-corrected chi connectivity index (χ4v) is 4.57. The molecule has 3 aromatic heterocycles. The normalized spacial score (nSPS) is 12.3. The summed E-state index contributed by atoms with van der Waals surface area (Å²) >= 11 is 0. The number of hydrogen-bond acceptors (Lipinski definition) is 5. The average molecular weight is 458 g/mol. The zero-order chi connectivity index (χ0) is 23.1. The van der Waals surface area contributed by atoms with Crippen LogP contribution >= 0.6 is 0 Å². The van der Waals surface area contributed by atoms with Crippen molar-refractivity contribution in [1.82, 2.24) is 19.1 Å². The van der Waals surface area contributed by atoms with Crippen molar-refractivity contribution >= 4 is 38.6 Å². The molecule has 5 aromatic rings. The van der Waals surface area contributed by atoms with Crippen LogP contribution in [0.25, 0.3) is 38.8 Å². The molecule has 1 atom stereocenters. The molecule has 5 rings (SSSR count). The van der Waals surface area contributed by atoms with Crippen LogP contribution in [-0.2, 0) is 17.8 Å². The van der Waals surface area contributed by atoms with E-state index in [2.05, 4.69) is 21.4 Å². The molecule has 0 aliphatic carbocycles. The van der Waals surface area contributed by atoms with Gasteiger partial charge in [0.15, 0.2) is 0 Å². The topological polar surface area (TPSA) is 81.8 Å². The maximum Gasteiger partial charge on any atom is 0.333 e. The quantitative estimate of drug-likeness (QED) is 0.430. The van der Waals surface area contributed by atoms with Crippen LogP contribution in [0.1, 0.15) is 6.92 Å². The Kier molecular flexibility index (Phi) is 5.30. The molecule has 0 saturated carbocycles. The van der Waals surface area contributed by atoms with Gasteiger partial charge < -0.3 is 5.32 Å². The summed E-state index contributed by atoms with van der Waals surface area (Å²) in [6.07, 6.45) is 5.21. The van der Waals surface area contributed by atoms with E-state index < -0.39 is 10.8 Å². The molecule has 0 bridgehead atoms. The highest BCUT2D eigenvalue weighted by atomic mass is 32.2. The Morgan fingerprint density at radius 1 is 0.970 bits per heavy atom. The molecule has 3 heterocycles. The molecule has 0 saturated heterocycles. The lowest BCUT2D eigenvalue weighted by atomic mass is 10.0. The maximum atomic E-state index is 13.2. The van der Waals surface area contributed by atoms with Crippen LogP contribution in [-0.4, -0.2) is 36.1 Å². The van der Waals surface area contributed by atoms with Crippen LogP contribution < -0.4 is 11.0 Å². The van der Waals surface area contributed by atoms with Gasteiger partial charge in [-0.25, -0.2) is 9.78 Å². The Morgan fingerprint density at radius 3 is 2.39 bits per heavy atom. The minimum absolute atomic E-state index is 0.160. The summed E-state index contributed by atoms with van der Waals surface area (Å²) < 4.78 is 15.1. The third-order valence-electron chi connectivity index (χ3n) is 5.76. The van der Waals surface area contributed by atoms with Gasteiger partial charge in [-0.3, -0.25) is 18.3 Å². The van der Waals surface area contributed by atoms with E-state index >= 15 is 0 Å². The van der Waals surface area contributed by atoms with Gasteiger partial charge >= 0.3 is 5.69 Å². The molecular weight excluding hydrogens is 434 g/mol. The summed E-state index contributed by atoms with van der Waals surface area (Å²) in [7, 11) is 0.664. The lowest BCUT2D eigenvalue weighted by molar-refractivity contribution is 0.687. The largest absolute Gasteiger partial charge is 0.370 e. The van der Waals surface area contributed by atoms with Crippen molar-refractivity contribution in [2.45, 2.75) is 11.8 Å². The molecule has 166 valence electrons. The van der Waals surface area contributed by atoms with Crippen LogP contribution in [0.15, 0.2) is 76.7 Å². The van der Waals surface area contributed by atoms with Gasteiger partial charge in [0.05, 0.1) is 28.4 Å². The standard InChI is InChI=1S/C25H23N5O2S/c1-4-26-23-12-6-17(14-28-23)16-5-11-21-20(13-16)24-22(15-27-21)29(2)25(31)30(24)18-7-9-19(10-8-18)33(3)32/h5-15H,4H2,1-3H3,(H,26,28). The fourth-order valence-electron chi connectivity index (χ4n) is 4.05. The summed E-state index contributed by atoms with van der Waals surface area (Å²) in [4.78, 5) is 23.0. The van der Waals surface area contributed by atoms with Gasteiger partial charge in [-0.1, -0.05) is 6.07 Å². The fraction of sp³-hybridized carbons (Fsp3) is 0.160. The molecular formula is C25H23N5O2S. The Labute approximate surface area is 193 Å². The van der Waals surface area contributed by atoms with Crippen LogP contribution in [0, 0.1) is 0 Å². The monoisotopic (exact) mass is 457 g/mol. The predicted octanol–water partition coefficient (Wildman–Crippen LogP) is 4.11. The zero-order valence-electron chi connectivity index (χ0n) is 18.6. The first-order valence-electron chi connectivity index (χ1n) is 10.6. The molecule has 33 heavy (non-hydrogen) atoms. The molecule has 7 nitrogen and oxygen atoms in total. The number of rotatable bonds is 5. The number of nitrogens with one attached hydrogen (secondary N) is 1. The number of anilines is 1. The summed E-state index contributed by atoms with van der Waals surface area (Å²) in [5.41, 5.74) is 4.86. The number of pyridine rings is 2. The van der Waals surface area contributed by atoms with Crippen LogP contribution in [0.2, 0.25) is 0 Å². The number of aryl methyl sites for hydroxylation is 1. The van der Waals surface area contributed by atoms with Crippen molar-refractivity contribution in [3.8, 4) is 16.8 Å². The van der Waals surface area contributed by atoms with Crippen molar-refractivity contribution in [2.24, 2.45) is 7.05 Å². The molecule has 2 aromatic carbocycles. The highest BCUT2D eigenvalue weighted by Gasteiger charge is 2.17. The zero-order valence-corrected chi connectivity index (χ0v) is 19.4. The molecule has 0 amide bonds. The molecule has 0 radical (unpaired) electrons. The van der Waals surface area contributed by atoms with Crippen molar-refractivity contribution in [2.75, 3.05) is 18.1 Å². The minimum atomic E-state index is -1.08. The minimum Gasteiger partial charge on any atom is -0.370 e. The Hall–Kier alpha value is -3.78. The number of imidazole rings is 1. The van der Waals surface area contributed by atoms with E-state index in [4.69, 9.17) is 0 Å². The Morgan fingerprint density at radius 2 is 1.73 bits per heavy atom. The van der Waals surface area contributed by atoms with E-state index in [0.29, 0.717) is 4.90 Å². The third-order valence-corrected chi connectivity index (χ3v) is 6.70. The summed E-state index contributed by atoms with van der Waals surface area (Å²) in [5.74, 6) is 0.833. The number of nitrogens with zero attached hydrogens (tertiary/aromatic N) is 4. The van der Waals surface area contributed by atoms with E-state index in [1.807, 2.05) is 49.5 Å². The number of benzene rings is 2. The SMILES string of the molecule is CCNc1ccc(-c2ccc3ncc4c(c3c2)n(-c2ccc(S(C)=O)cc2)c(=O)n4C)cn1. The van der Waals surface area contributed by atoms with Gasteiger partial charge in [0.1, 0.15) is 5.82 Å². The first-order chi connectivity index (χ1) is 16.0. The van der Waals surface area contributed by atoms with Crippen molar-refractivity contribution in [1.29, 1.82) is 0 Å². The van der Waals surface area contributed by atoms with Crippen LogP contribution in [0.5, 0.6) is 0 Å². The number of hydrogen-bond donors (Lipinski definition) is 1. The van der Waals surface area contributed by atoms with Crippen molar-refractivity contribution < 1.29 is 4.21 Å². The number of fused-ring (bicyclic) bond motifs is 3. The molecule has 0 fully saturated rings. The Bertz CT molecular complexity index is 1570. The van der Waals surface area contributed by atoms with Crippen molar-refractivity contribution in [3.05, 3.63) is 77.5 Å². The lowest BCUT2D eigenvalue weighted by Crippen LogP contribution is -2.20. The molecule has 1 N–H and O–H groups in total. The highest BCUT2D eigenvalue weighted by molar-refractivity contribution is 7.84. The second-order valence-electron chi connectivity index (χ2n) is 7.81. The average Bonchev–Trinajstić information content (AvgIpc) is 3.10. The van der Waals surface area contributed by atoms with Gasteiger partial charge in [-0.2, -0.15) is 0 Å². The van der Waals surface area contributed by atoms with Crippen LogP contribution in [0.4, 0.5) is 5.82 Å². The second-order valence-corrected chi connectivity index (χ2v) is 9.19. The van der Waals surface area contributed by atoms with E-state index in [9.17, 15) is 9.00 Å². The molecule has 0 aliphatic heterocycles. The van der Waals surface area contributed by atoms with E-state index in [1.165, 1.54) is 0 Å². The van der Waals surface area contributed by atoms with E-state index in [1.54, 1.807) is 40.8 Å². The van der Waals surface area contributed by atoms with Gasteiger partial charge in [-0.15, -0.1) is 0 Å². The van der Waals surface area contributed by atoms with Crippen LogP contribution in [0.3, 0.4) is 0 Å². The van der Waals surface area contributed by atoms with Gasteiger partial charge in [0.2, 0.25) is 0 Å². The lowest BCUT2D eigenvalue weighted by Gasteiger charge is -2.09. The van der Waals surface area contributed by atoms with E-state index in [0.717, 1.165) is 51.1 Å². The Balaban J connectivity index is 1.74. The van der Waals surface area contributed by atoms with Crippen molar-refractivity contribution in [3.63, 3.8) is 0 Å². The van der Waals surface area contributed by atoms with Gasteiger partial charge in [0.25, 0.3) is 0 Å². The van der Waals surface area contributed by atoms with Gasteiger partial charge in [-0.05, 0) is 61.0 Å². The summed E-state index contributed by atoms with van der Waals surface area (Å²) in [6, 6.07) is 17.3. The van der Waals surface area contributed by atoms with Gasteiger partial charge in [0, 0.05) is 52.7 Å². The first kappa shape index (κ1) is 21.1. The molecule has 0 spiro atoms.